The highest BCUT2D eigenvalue weighted by Crippen LogP contribution is 2.18. The minimum absolute atomic E-state index is 0.112. The summed E-state index contributed by atoms with van der Waals surface area (Å²) in [5.41, 5.74) is 1.29. The van der Waals surface area contributed by atoms with E-state index in [0.29, 0.717) is 5.69 Å². The second-order valence-electron chi connectivity index (χ2n) is 4.44. The smallest absolute Gasteiger partial charge is 0.338 e. The first-order valence-corrected chi connectivity index (χ1v) is 6.22. The number of aromatic nitrogens is 2. The Hall–Kier alpha value is -3.15. The van der Waals surface area contributed by atoms with Gasteiger partial charge in [-0.05, 0) is 36.4 Å². The zero-order chi connectivity index (χ0) is 14.8. The number of hydrogen-bond donors (Lipinski definition) is 3. The van der Waals surface area contributed by atoms with Gasteiger partial charge in [0.15, 0.2) is 0 Å². The molecule has 6 nitrogen and oxygen atoms in total. The van der Waals surface area contributed by atoms with Gasteiger partial charge in [0, 0.05) is 29.0 Å². The average molecular weight is 281 g/mol. The van der Waals surface area contributed by atoms with E-state index in [1.165, 1.54) is 18.3 Å². The van der Waals surface area contributed by atoms with Crippen LogP contribution < -0.4 is 5.32 Å². The van der Waals surface area contributed by atoms with Crippen molar-refractivity contribution in [3.8, 4) is 0 Å². The van der Waals surface area contributed by atoms with Crippen molar-refractivity contribution in [3.63, 3.8) is 0 Å². The van der Waals surface area contributed by atoms with Crippen molar-refractivity contribution in [1.82, 2.24) is 9.97 Å². The van der Waals surface area contributed by atoms with E-state index in [4.69, 9.17) is 5.11 Å². The molecule has 0 fully saturated rings. The van der Waals surface area contributed by atoms with Crippen molar-refractivity contribution < 1.29 is 14.7 Å². The molecule has 3 aromatic rings. The third-order valence-corrected chi connectivity index (χ3v) is 3.06. The van der Waals surface area contributed by atoms with Gasteiger partial charge in [0.2, 0.25) is 0 Å². The number of pyridine rings is 1. The van der Waals surface area contributed by atoms with Gasteiger partial charge >= 0.3 is 5.97 Å². The van der Waals surface area contributed by atoms with Gasteiger partial charge in [-0.25, -0.2) is 4.79 Å². The number of anilines is 1. The maximum Gasteiger partial charge on any atom is 0.338 e. The average Bonchev–Trinajstić information content (AvgIpc) is 2.94. The fourth-order valence-corrected chi connectivity index (χ4v) is 2.08. The standard InChI is InChI=1S/C15H11N3O3/c19-14(13-11(15(20)21)2-1-6-17-13)18-10-3-4-12-9(8-10)5-7-16-12/h1-8,16H,(H,18,19)(H,20,21). The quantitative estimate of drug-likeness (QED) is 0.687. The van der Waals surface area contributed by atoms with Gasteiger partial charge in [0.1, 0.15) is 5.69 Å². The Morgan fingerprint density at radius 3 is 2.86 bits per heavy atom. The third kappa shape index (κ3) is 2.46. The minimum atomic E-state index is -1.19. The summed E-state index contributed by atoms with van der Waals surface area (Å²) < 4.78 is 0. The van der Waals surface area contributed by atoms with Crippen LogP contribution in [-0.2, 0) is 0 Å². The van der Waals surface area contributed by atoms with Crippen molar-refractivity contribution in [2.24, 2.45) is 0 Å². The second kappa shape index (κ2) is 5.09. The highest BCUT2D eigenvalue weighted by molar-refractivity contribution is 6.09. The summed E-state index contributed by atoms with van der Waals surface area (Å²) in [4.78, 5) is 30.2. The number of hydrogen-bond acceptors (Lipinski definition) is 3. The van der Waals surface area contributed by atoms with Crippen LogP contribution in [0.5, 0.6) is 0 Å². The number of amides is 1. The number of aromatic amines is 1. The lowest BCUT2D eigenvalue weighted by Gasteiger charge is -2.07. The fourth-order valence-electron chi connectivity index (χ4n) is 2.08. The number of nitrogens with one attached hydrogen (secondary N) is 2. The lowest BCUT2D eigenvalue weighted by molar-refractivity contribution is 0.0691. The third-order valence-electron chi connectivity index (χ3n) is 3.06. The normalized spacial score (nSPS) is 10.5. The van der Waals surface area contributed by atoms with Crippen molar-refractivity contribution in [3.05, 3.63) is 60.0 Å². The van der Waals surface area contributed by atoms with Gasteiger partial charge in [0.05, 0.1) is 5.56 Å². The molecule has 0 spiro atoms. The Morgan fingerprint density at radius 2 is 2.05 bits per heavy atom. The number of nitrogens with zero attached hydrogens (tertiary/aromatic N) is 1. The Morgan fingerprint density at radius 1 is 1.19 bits per heavy atom. The molecule has 0 aliphatic rings. The van der Waals surface area contributed by atoms with Crippen LogP contribution in [0, 0.1) is 0 Å². The molecule has 104 valence electrons. The minimum Gasteiger partial charge on any atom is -0.478 e. The van der Waals surface area contributed by atoms with E-state index in [9.17, 15) is 9.59 Å². The summed E-state index contributed by atoms with van der Waals surface area (Å²) in [6, 6.07) is 10.1. The van der Waals surface area contributed by atoms with Gasteiger partial charge in [-0.15, -0.1) is 0 Å². The van der Waals surface area contributed by atoms with Crippen LogP contribution in [0.4, 0.5) is 5.69 Å². The predicted molar refractivity (Wildman–Crippen MR) is 77.4 cm³/mol. The van der Waals surface area contributed by atoms with E-state index in [1.54, 1.807) is 18.3 Å². The molecule has 0 saturated carbocycles. The molecule has 21 heavy (non-hydrogen) atoms. The molecule has 0 saturated heterocycles. The van der Waals surface area contributed by atoms with Gasteiger partial charge in [-0.3, -0.25) is 9.78 Å². The van der Waals surface area contributed by atoms with E-state index >= 15 is 0 Å². The number of aromatic carboxylic acids is 1. The molecule has 1 amide bonds. The first-order valence-electron chi connectivity index (χ1n) is 6.22. The zero-order valence-corrected chi connectivity index (χ0v) is 10.8. The highest BCUT2D eigenvalue weighted by atomic mass is 16.4. The first kappa shape index (κ1) is 12.9. The first-order chi connectivity index (χ1) is 10.1. The molecule has 0 unspecified atom stereocenters. The van der Waals surface area contributed by atoms with Crippen LogP contribution in [0.2, 0.25) is 0 Å². The SMILES string of the molecule is O=C(O)c1cccnc1C(=O)Nc1ccc2[nH]ccc2c1. The molecule has 3 N–H and O–H groups in total. The van der Waals surface area contributed by atoms with E-state index in [1.807, 2.05) is 12.1 Å². The van der Waals surface area contributed by atoms with Gasteiger partial charge in [-0.2, -0.15) is 0 Å². The summed E-state index contributed by atoms with van der Waals surface area (Å²) in [6.07, 6.45) is 3.19. The fraction of sp³-hybridized carbons (Fsp3) is 0. The molecule has 0 aliphatic heterocycles. The second-order valence-corrected chi connectivity index (χ2v) is 4.44. The molecule has 2 aromatic heterocycles. The van der Waals surface area contributed by atoms with E-state index in [2.05, 4.69) is 15.3 Å². The molecular weight excluding hydrogens is 270 g/mol. The summed E-state index contributed by atoms with van der Waals surface area (Å²) in [6.45, 7) is 0. The number of carbonyl (C=O) groups is 2. The molecule has 0 aliphatic carbocycles. The van der Waals surface area contributed by atoms with Crippen molar-refractivity contribution in [1.29, 1.82) is 0 Å². The maximum absolute atomic E-state index is 12.2. The summed E-state index contributed by atoms with van der Waals surface area (Å²) in [7, 11) is 0. The number of carboxylic acids is 1. The lowest BCUT2D eigenvalue weighted by Crippen LogP contribution is -2.18. The summed E-state index contributed by atoms with van der Waals surface area (Å²) in [5.74, 6) is -1.74. The molecule has 6 heteroatoms. The Bertz CT molecular complexity index is 839. The van der Waals surface area contributed by atoms with Crippen LogP contribution >= 0.6 is 0 Å². The zero-order valence-electron chi connectivity index (χ0n) is 10.8. The lowest BCUT2D eigenvalue weighted by atomic mass is 10.1. The number of carbonyl (C=O) groups excluding carboxylic acids is 1. The van der Waals surface area contributed by atoms with Crippen molar-refractivity contribution in [2.75, 3.05) is 5.32 Å². The van der Waals surface area contributed by atoms with Crippen LogP contribution in [0.3, 0.4) is 0 Å². The Labute approximate surface area is 119 Å². The number of rotatable bonds is 3. The van der Waals surface area contributed by atoms with Gasteiger partial charge in [-0.1, -0.05) is 0 Å². The molecular formula is C15H11N3O3. The van der Waals surface area contributed by atoms with Crippen molar-refractivity contribution in [2.45, 2.75) is 0 Å². The highest BCUT2D eigenvalue weighted by Gasteiger charge is 2.17. The Kier molecular flexibility index (Phi) is 3.12. The van der Waals surface area contributed by atoms with Gasteiger partial charge in [0.25, 0.3) is 5.91 Å². The molecule has 2 heterocycles. The van der Waals surface area contributed by atoms with Crippen LogP contribution in [0.1, 0.15) is 20.8 Å². The molecule has 0 radical (unpaired) electrons. The van der Waals surface area contributed by atoms with Gasteiger partial charge < -0.3 is 15.4 Å². The molecule has 0 atom stereocenters. The maximum atomic E-state index is 12.2. The van der Waals surface area contributed by atoms with Crippen LogP contribution in [0.15, 0.2) is 48.8 Å². The topological polar surface area (TPSA) is 95.1 Å². The number of benzene rings is 1. The summed E-state index contributed by atoms with van der Waals surface area (Å²) >= 11 is 0. The van der Waals surface area contributed by atoms with Crippen molar-refractivity contribution >= 4 is 28.5 Å². The monoisotopic (exact) mass is 281 g/mol. The van der Waals surface area contributed by atoms with E-state index < -0.39 is 11.9 Å². The number of fused-ring (bicyclic) bond motifs is 1. The van der Waals surface area contributed by atoms with Crippen LogP contribution in [0.25, 0.3) is 10.9 Å². The number of H-pyrrole nitrogens is 1. The van der Waals surface area contributed by atoms with Crippen LogP contribution in [-0.4, -0.2) is 27.0 Å². The molecule has 1 aromatic carbocycles. The van der Waals surface area contributed by atoms with E-state index in [-0.39, 0.29) is 11.3 Å². The number of carboxylic acid groups (broad SMARTS) is 1. The molecule has 3 rings (SSSR count). The largest absolute Gasteiger partial charge is 0.478 e. The molecule has 0 bridgehead atoms. The summed E-state index contributed by atoms with van der Waals surface area (Å²) in [5, 5.41) is 12.7. The Balaban J connectivity index is 1.91. The van der Waals surface area contributed by atoms with E-state index in [0.717, 1.165) is 10.9 Å². The predicted octanol–water partition coefficient (Wildman–Crippen LogP) is 2.51.